The molecule has 0 aromatic heterocycles. The van der Waals surface area contributed by atoms with Crippen LogP contribution in [0, 0.1) is 0 Å². The van der Waals surface area contributed by atoms with Gasteiger partial charge in [0.05, 0.1) is 22.3 Å². The van der Waals surface area contributed by atoms with Gasteiger partial charge in [-0.3, -0.25) is 19.2 Å². The van der Waals surface area contributed by atoms with E-state index in [0.29, 0.717) is 56.4 Å². The van der Waals surface area contributed by atoms with Gasteiger partial charge in [-0.15, -0.1) is 0 Å². The van der Waals surface area contributed by atoms with Crippen LogP contribution in [0.3, 0.4) is 0 Å². The molecule has 0 aliphatic carbocycles. The number of nitrogens with zero attached hydrogens (tertiary/aromatic N) is 1. The number of carbonyl (C=O) groups is 4. The third-order valence-electron chi connectivity index (χ3n) is 12.8. The standard InChI is InChI=1S/C56H98N4O4/c1-6-11-14-17-19-21-23-25-27-29-31-33-35-37-39-41-44-47-49(53(57)61)51(55(63)59-9-4)48(52(50(47)54(58)62)56(64)60(10-5)46-43-16-13-8-3)45-42-40-38-36-34-32-30-28-26-24-22-20-18-15-12-7-2/h25-28H,6-24,29-46H2,1-5H3,(H2,57,61)(H2,58,62)(H,59,63)/b27-25-,28-26-. The van der Waals surface area contributed by atoms with E-state index in [9.17, 15) is 19.2 Å². The highest BCUT2D eigenvalue weighted by atomic mass is 16.2. The highest BCUT2D eigenvalue weighted by Crippen LogP contribution is 2.33. The summed E-state index contributed by atoms with van der Waals surface area (Å²) in [6, 6.07) is 0. The molecule has 1 aromatic carbocycles. The van der Waals surface area contributed by atoms with E-state index < -0.39 is 17.7 Å². The highest BCUT2D eigenvalue weighted by molar-refractivity contribution is 6.16. The Morgan fingerprint density at radius 2 is 0.750 bits per heavy atom. The Kier molecular flexibility index (Phi) is 36.5. The van der Waals surface area contributed by atoms with Gasteiger partial charge >= 0.3 is 0 Å². The lowest BCUT2D eigenvalue weighted by Crippen LogP contribution is -2.38. The zero-order valence-corrected chi connectivity index (χ0v) is 42.2. The van der Waals surface area contributed by atoms with Crippen molar-refractivity contribution in [1.29, 1.82) is 0 Å². The number of amides is 4. The van der Waals surface area contributed by atoms with Crippen LogP contribution in [0.25, 0.3) is 0 Å². The number of primary amides is 2. The molecule has 8 heteroatoms. The summed E-state index contributed by atoms with van der Waals surface area (Å²) < 4.78 is 0. The van der Waals surface area contributed by atoms with E-state index in [1.54, 1.807) is 4.90 Å². The first kappa shape index (κ1) is 58.6. The molecular weight excluding hydrogens is 793 g/mol. The van der Waals surface area contributed by atoms with Crippen molar-refractivity contribution < 1.29 is 19.2 Å². The van der Waals surface area contributed by atoms with E-state index in [-0.39, 0.29) is 28.2 Å². The molecule has 1 rings (SSSR count). The van der Waals surface area contributed by atoms with Crippen molar-refractivity contribution in [2.45, 2.75) is 253 Å². The lowest BCUT2D eigenvalue weighted by Gasteiger charge is -2.28. The monoisotopic (exact) mass is 891 g/mol. The summed E-state index contributed by atoms with van der Waals surface area (Å²) in [5.74, 6) is -2.25. The van der Waals surface area contributed by atoms with E-state index in [4.69, 9.17) is 11.5 Å². The van der Waals surface area contributed by atoms with Gasteiger partial charge in [0, 0.05) is 19.6 Å². The Balaban J connectivity index is 3.20. The lowest BCUT2D eigenvalue weighted by molar-refractivity contribution is 0.0754. The third kappa shape index (κ3) is 25.3. The van der Waals surface area contributed by atoms with Crippen LogP contribution in [0.5, 0.6) is 0 Å². The molecule has 0 aliphatic rings. The normalized spacial score (nSPS) is 11.6. The van der Waals surface area contributed by atoms with Gasteiger partial charge in [-0.1, -0.05) is 180 Å². The van der Waals surface area contributed by atoms with Crippen molar-refractivity contribution in [2.75, 3.05) is 19.6 Å². The van der Waals surface area contributed by atoms with E-state index >= 15 is 0 Å². The summed E-state index contributed by atoms with van der Waals surface area (Å²) in [6.45, 7) is 11.8. The molecule has 8 nitrogen and oxygen atoms in total. The molecule has 0 saturated heterocycles. The molecule has 0 unspecified atom stereocenters. The Hall–Kier alpha value is -3.42. The molecule has 0 atom stereocenters. The third-order valence-corrected chi connectivity index (χ3v) is 12.8. The number of allylic oxidation sites excluding steroid dienone is 4. The Labute approximate surface area is 393 Å². The molecule has 0 aliphatic heterocycles. The SMILES string of the molecule is CCCCCCCC/C=C\CCCCCCCCc1c(C(N)=O)c(C(=O)NCC)c(CCCCCCCC/C=C\CCCCCCCC)c(C(=O)N(CC)CCCCCC)c1C(N)=O. The first-order valence-electron chi connectivity index (χ1n) is 26.9. The molecule has 0 heterocycles. The smallest absolute Gasteiger partial charge is 0.254 e. The maximum absolute atomic E-state index is 14.8. The number of hydrogen-bond donors (Lipinski definition) is 3. The molecule has 0 spiro atoms. The molecule has 4 amide bonds. The number of nitrogens with two attached hydrogens (primary N) is 2. The maximum Gasteiger partial charge on any atom is 0.254 e. The van der Waals surface area contributed by atoms with Crippen molar-refractivity contribution in [3.05, 3.63) is 57.7 Å². The van der Waals surface area contributed by atoms with Gasteiger partial charge in [-0.25, -0.2) is 0 Å². The largest absolute Gasteiger partial charge is 0.366 e. The zero-order chi connectivity index (χ0) is 47.0. The summed E-state index contributed by atoms with van der Waals surface area (Å²) in [4.78, 5) is 57.9. The fourth-order valence-electron chi connectivity index (χ4n) is 9.02. The topological polar surface area (TPSA) is 136 Å². The minimum absolute atomic E-state index is 0.0505. The van der Waals surface area contributed by atoms with Crippen LogP contribution in [0.2, 0.25) is 0 Å². The first-order chi connectivity index (χ1) is 31.2. The molecule has 0 fully saturated rings. The second kappa shape index (κ2) is 39.9. The second-order valence-electron chi connectivity index (χ2n) is 18.4. The first-order valence-corrected chi connectivity index (χ1v) is 26.9. The van der Waals surface area contributed by atoms with Crippen molar-refractivity contribution in [2.24, 2.45) is 11.5 Å². The van der Waals surface area contributed by atoms with Crippen LogP contribution in [0.1, 0.15) is 293 Å². The Morgan fingerprint density at radius 1 is 0.422 bits per heavy atom. The fraction of sp³-hybridized carbons (Fsp3) is 0.750. The van der Waals surface area contributed by atoms with E-state index in [1.807, 2.05) is 13.8 Å². The van der Waals surface area contributed by atoms with E-state index in [0.717, 1.165) is 96.3 Å². The quantitative estimate of drug-likeness (QED) is 0.0444. The van der Waals surface area contributed by atoms with E-state index in [2.05, 4.69) is 50.4 Å². The number of carbonyl (C=O) groups excluding carboxylic acids is 4. The minimum atomic E-state index is -0.767. The average molecular weight is 891 g/mol. The second-order valence-corrected chi connectivity index (χ2v) is 18.4. The number of rotatable bonds is 43. The van der Waals surface area contributed by atoms with Gasteiger partial charge in [0.2, 0.25) is 11.8 Å². The van der Waals surface area contributed by atoms with Crippen molar-refractivity contribution >= 4 is 23.6 Å². The number of hydrogen-bond acceptors (Lipinski definition) is 4. The van der Waals surface area contributed by atoms with Gasteiger partial charge in [0.15, 0.2) is 0 Å². The fourth-order valence-corrected chi connectivity index (χ4v) is 9.02. The summed E-state index contributed by atoms with van der Waals surface area (Å²) in [7, 11) is 0. The predicted octanol–water partition coefficient (Wildman–Crippen LogP) is 14.8. The minimum Gasteiger partial charge on any atom is -0.366 e. The van der Waals surface area contributed by atoms with Crippen molar-refractivity contribution in [3.8, 4) is 0 Å². The molecule has 1 aromatic rings. The van der Waals surface area contributed by atoms with Gasteiger partial charge in [0.25, 0.3) is 11.8 Å². The molecule has 64 heavy (non-hydrogen) atoms. The zero-order valence-electron chi connectivity index (χ0n) is 42.2. The maximum atomic E-state index is 14.8. The molecule has 366 valence electrons. The van der Waals surface area contributed by atoms with E-state index in [1.165, 1.54) is 96.3 Å². The Bertz CT molecular complexity index is 1470. The van der Waals surface area contributed by atoms with Crippen LogP contribution in [-0.2, 0) is 12.8 Å². The molecule has 5 N–H and O–H groups in total. The predicted molar refractivity (Wildman–Crippen MR) is 274 cm³/mol. The highest BCUT2D eigenvalue weighted by Gasteiger charge is 2.35. The molecule has 0 saturated carbocycles. The van der Waals surface area contributed by atoms with Gasteiger partial charge in [0.1, 0.15) is 0 Å². The van der Waals surface area contributed by atoms with Gasteiger partial charge < -0.3 is 21.7 Å². The average Bonchev–Trinajstić information content (AvgIpc) is 3.28. The van der Waals surface area contributed by atoms with Crippen LogP contribution in [0.15, 0.2) is 24.3 Å². The molecule has 0 bridgehead atoms. The van der Waals surface area contributed by atoms with Gasteiger partial charge in [-0.05, 0) is 108 Å². The summed E-state index contributed by atoms with van der Waals surface area (Å²) in [5, 5.41) is 2.91. The van der Waals surface area contributed by atoms with Crippen molar-refractivity contribution in [1.82, 2.24) is 10.2 Å². The van der Waals surface area contributed by atoms with Gasteiger partial charge in [-0.2, -0.15) is 0 Å². The summed E-state index contributed by atoms with van der Waals surface area (Å²) >= 11 is 0. The van der Waals surface area contributed by atoms with Crippen LogP contribution in [0.4, 0.5) is 0 Å². The van der Waals surface area contributed by atoms with Crippen LogP contribution < -0.4 is 16.8 Å². The number of benzene rings is 1. The summed E-state index contributed by atoms with van der Waals surface area (Å²) in [6.07, 6.45) is 46.6. The van der Waals surface area contributed by atoms with Crippen LogP contribution >= 0.6 is 0 Å². The van der Waals surface area contributed by atoms with Crippen molar-refractivity contribution in [3.63, 3.8) is 0 Å². The van der Waals surface area contributed by atoms with Crippen LogP contribution in [-0.4, -0.2) is 48.2 Å². The Morgan fingerprint density at radius 3 is 1.11 bits per heavy atom. The summed E-state index contributed by atoms with van der Waals surface area (Å²) in [5.41, 5.74) is 13.7. The molecular formula is C56H98N4O4. The number of nitrogens with one attached hydrogen (secondary N) is 1. The number of unbranched alkanes of at least 4 members (excludes halogenated alkanes) is 27. The lowest BCUT2D eigenvalue weighted by atomic mass is 9.81. The molecule has 0 radical (unpaired) electrons.